The highest BCUT2D eigenvalue weighted by Crippen LogP contribution is 2.33. The third-order valence-corrected chi connectivity index (χ3v) is 6.11. The van der Waals surface area contributed by atoms with Gasteiger partial charge in [-0.3, -0.25) is 14.5 Å². The Morgan fingerprint density at radius 2 is 1.73 bits per heavy atom. The van der Waals surface area contributed by atoms with Gasteiger partial charge in [0.1, 0.15) is 0 Å². The lowest BCUT2D eigenvalue weighted by atomic mass is 10.1. The molecule has 7 heteroatoms. The van der Waals surface area contributed by atoms with Crippen LogP contribution in [0.5, 0.6) is 11.5 Å². The van der Waals surface area contributed by atoms with Gasteiger partial charge in [0.15, 0.2) is 11.5 Å². The van der Waals surface area contributed by atoms with Gasteiger partial charge in [-0.25, -0.2) is 0 Å². The number of hydrogen-bond acceptors (Lipinski definition) is 5. The van der Waals surface area contributed by atoms with Gasteiger partial charge in [0.05, 0.1) is 0 Å². The van der Waals surface area contributed by atoms with E-state index in [0.717, 1.165) is 54.4 Å². The zero-order valence-corrected chi connectivity index (χ0v) is 17.0. The van der Waals surface area contributed by atoms with E-state index in [9.17, 15) is 9.59 Å². The van der Waals surface area contributed by atoms with E-state index < -0.39 is 11.8 Å². The van der Waals surface area contributed by atoms with Crippen LogP contribution in [0.3, 0.4) is 0 Å². The zero-order valence-electron chi connectivity index (χ0n) is 17.0. The second-order valence-electron chi connectivity index (χ2n) is 8.11. The lowest BCUT2D eigenvalue weighted by molar-refractivity contribution is -0.145. The van der Waals surface area contributed by atoms with Crippen molar-refractivity contribution < 1.29 is 19.1 Å². The second kappa shape index (κ2) is 7.65. The van der Waals surface area contributed by atoms with Gasteiger partial charge < -0.3 is 19.3 Å². The Morgan fingerprint density at radius 1 is 0.967 bits per heavy atom. The second-order valence-corrected chi connectivity index (χ2v) is 8.11. The van der Waals surface area contributed by atoms with Crippen LogP contribution >= 0.6 is 0 Å². The maximum Gasteiger partial charge on any atom is 0.316 e. The topological polar surface area (TPSA) is 62.3 Å². The molecule has 3 aliphatic rings. The van der Waals surface area contributed by atoms with Gasteiger partial charge >= 0.3 is 11.8 Å². The summed E-state index contributed by atoms with van der Waals surface area (Å²) in [4.78, 5) is 31.6. The highest BCUT2D eigenvalue weighted by molar-refractivity contribution is 6.40. The van der Waals surface area contributed by atoms with Crippen molar-refractivity contribution >= 4 is 17.5 Å². The molecule has 0 aromatic heterocycles. The minimum Gasteiger partial charge on any atom is -0.454 e. The number of anilines is 1. The minimum absolute atomic E-state index is 0.00569. The fraction of sp³-hybridized carbons (Fsp3) is 0.391. The first-order chi connectivity index (χ1) is 14.6. The molecular formula is C23H25N3O4. The van der Waals surface area contributed by atoms with Crippen LogP contribution in [0, 0.1) is 0 Å². The molecule has 30 heavy (non-hydrogen) atoms. The molecule has 0 radical (unpaired) electrons. The van der Waals surface area contributed by atoms with E-state index in [2.05, 4.69) is 4.90 Å². The SMILES string of the molecule is CC1Cc2ccccc2N1C(=O)C(=O)N1CCN(Cc2ccc3c(c2)OCO3)CC1. The van der Waals surface area contributed by atoms with E-state index in [1.807, 2.05) is 49.4 Å². The summed E-state index contributed by atoms with van der Waals surface area (Å²) in [6.07, 6.45) is 0.790. The molecule has 1 saturated heterocycles. The van der Waals surface area contributed by atoms with Gasteiger partial charge in [-0.2, -0.15) is 0 Å². The lowest BCUT2D eigenvalue weighted by Crippen LogP contribution is -2.53. The number of carbonyl (C=O) groups excluding carboxylic acids is 2. The van der Waals surface area contributed by atoms with Crippen LogP contribution in [0.1, 0.15) is 18.1 Å². The smallest absolute Gasteiger partial charge is 0.316 e. The first-order valence-electron chi connectivity index (χ1n) is 10.4. The van der Waals surface area contributed by atoms with Crippen molar-refractivity contribution in [3.8, 4) is 11.5 Å². The number of nitrogens with zero attached hydrogens (tertiary/aromatic N) is 3. The van der Waals surface area contributed by atoms with Gasteiger partial charge in [-0.05, 0) is 42.7 Å². The number of amides is 2. The Morgan fingerprint density at radius 3 is 2.57 bits per heavy atom. The lowest BCUT2D eigenvalue weighted by Gasteiger charge is -2.35. The van der Waals surface area contributed by atoms with Gasteiger partial charge in [-0.15, -0.1) is 0 Å². The van der Waals surface area contributed by atoms with Crippen molar-refractivity contribution in [3.05, 3.63) is 53.6 Å². The number of carbonyl (C=O) groups is 2. The summed E-state index contributed by atoms with van der Waals surface area (Å²) < 4.78 is 10.8. The summed E-state index contributed by atoms with van der Waals surface area (Å²) >= 11 is 0. The number of rotatable bonds is 2. The molecule has 1 unspecified atom stereocenters. The van der Waals surface area contributed by atoms with Crippen molar-refractivity contribution in [2.45, 2.75) is 25.9 Å². The molecule has 0 saturated carbocycles. The quantitative estimate of drug-likeness (QED) is 0.713. The van der Waals surface area contributed by atoms with Crippen molar-refractivity contribution in [2.75, 3.05) is 37.9 Å². The molecule has 156 valence electrons. The fourth-order valence-corrected chi connectivity index (χ4v) is 4.52. The number of fused-ring (bicyclic) bond motifs is 2. The average Bonchev–Trinajstić information content (AvgIpc) is 3.36. The number of para-hydroxylation sites is 1. The Labute approximate surface area is 175 Å². The number of hydrogen-bond donors (Lipinski definition) is 0. The maximum atomic E-state index is 13.0. The first-order valence-corrected chi connectivity index (χ1v) is 10.4. The normalized spacial score (nSPS) is 20.4. The zero-order chi connectivity index (χ0) is 20.7. The van der Waals surface area contributed by atoms with E-state index in [-0.39, 0.29) is 12.8 Å². The van der Waals surface area contributed by atoms with Crippen molar-refractivity contribution in [1.29, 1.82) is 0 Å². The highest BCUT2D eigenvalue weighted by atomic mass is 16.7. The molecule has 2 aromatic carbocycles. The molecule has 3 heterocycles. The molecule has 1 atom stereocenters. The van der Waals surface area contributed by atoms with Gasteiger partial charge in [0.25, 0.3) is 0 Å². The predicted octanol–water partition coefficient (Wildman–Crippen LogP) is 2.04. The standard InChI is InChI=1S/C23H25N3O4/c1-16-12-18-4-2-3-5-19(18)26(16)23(28)22(27)25-10-8-24(9-11-25)14-17-6-7-20-21(13-17)30-15-29-20/h2-7,13,16H,8-12,14-15H2,1H3. The van der Waals surface area contributed by atoms with Gasteiger partial charge in [-0.1, -0.05) is 24.3 Å². The van der Waals surface area contributed by atoms with Crippen molar-refractivity contribution in [2.24, 2.45) is 0 Å². The molecule has 5 rings (SSSR count). The average molecular weight is 407 g/mol. The molecule has 0 bridgehead atoms. The summed E-state index contributed by atoms with van der Waals surface area (Å²) in [6.45, 7) is 5.63. The molecule has 0 spiro atoms. The fourth-order valence-electron chi connectivity index (χ4n) is 4.52. The summed E-state index contributed by atoms with van der Waals surface area (Å²) in [5.74, 6) is 0.746. The maximum absolute atomic E-state index is 13.0. The molecule has 2 aromatic rings. The van der Waals surface area contributed by atoms with E-state index >= 15 is 0 Å². The number of benzene rings is 2. The van der Waals surface area contributed by atoms with Crippen LogP contribution in [0.25, 0.3) is 0 Å². The summed E-state index contributed by atoms with van der Waals surface area (Å²) in [5, 5.41) is 0. The van der Waals surface area contributed by atoms with E-state index in [4.69, 9.17) is 9.47 Å². The van der Waals surface area contributed by atoms with Crippen LogP contribution in [0.4, 0.5) is 5.69 Å². The highest BCUT2D eigenvalue weighted by Gasteiger charge is 2.36. The van der Waals surface area contributed by atoms with Crippen LogP contribution < -0.4 is 14.4 Å². The van der Waals surface area contributed by atoms with Gasteiger partial charge in [0, 0.05) is 44.5 Å². The Balaban J connectivity index is 1.19. The van der Waals surface area contributed by atoms with Crippen LogP contribution in [-0.2, 0) is 22.6 Å². The largest absolute Gasteiger partial charge is 0.454 e. The van der Waals surface area contributed by atoms with E-state index in [1.54, 1.807) is 9.80 Å². The number of ether oxygens (including phenoxy) is 2. The predicted molar refractivity (Wildman–Crippen MR) is 112 cm³/mol. The van der Waals surface area contributed by atoms with Crippen LogP contribution in [0.2, 0.25) is 0 Å². The van der Waals surface area contributed by atoms with Crippen molar-refractivity contribution in [1.82, 2.24) is 9.80 Å². The van der Waals surface area contributed by atoms with Crippen molar-refractivity contribution in [3.63, 3.8) is 0 Å². The summed E-state index contributed by atoms with van der Waals surface area (Å²) in [7, 11) is 0. The Hall–Kier alpha value is -3.06. The van der Waals surface area contributed by atoms with Gasteiger partial charge in [0.2, 0.25) is 6.79 Å². The molecule has 1 fully saturated rings. The summed E-state index contributed by atoms with van der Waals surface area (Å²) in [5.41, 5.74) is 3.14. The Bertz CT molecular complexity index is 984. The summed E-state index contributed by atoms with van der Waals surface area (Å²) in [6, 6.07) is 13.8. The monoisotopic (exact) mass is 407 g/mol. The third-order valence-electron chi connectivity index (χ3n) is 6.11. The first kappa shape index (κ1) is 18.9. The Kier molecular flexibility index (Phi) is 4.83. The van der Waals surface area contributed by atoms with Crippen LogP contribution in [-0.4, -0.2) is 60.6 Å². The molecule has 3 aliphatic heterocycles. The van der Waals surface area contributed by atoms with E-state index in [0.29, 0.717) is 13.1 Å². The molecular weight excluding hydrogens is 382 g/mol. The molecule has 7 nitrogen and oxygen atoms in total. The third kappa shape index (κ3) is 3.39. The molecule has 2 amide bonds. The minimum atomic E-state index is -0.420. The number of piperazine rings is 1. The van der Waals surface area contributed by atoms with E-state index in [1.165, 1.54) is 0 Å². The molecule has 0 aliphatic carbocycles. The molecule has 0 N–H and O–H groups in total. The van der Waals surface area contributed by atoms with Crippen LogP contribution in [0.15, 0.2) is 42.5 Å².